The molecule has 0 spiro atoms. The zero-order valence-corrected chi connectivity index (χ0v) is 17.6. The molecule has 0 bridgehead atoms. The van der Waals surface area contributed by atoms with Gasteiger partial charge in [-0.25, -0.2) is 0 Å². The lowest BCUT2D eigenvalue weighted by molar-refractivity contribution is -0.133. The number of aliphatic hydroxyl groups is 1. The Morgan fingerprint density at radius 1 is 1.16 bits per heavy atom. The molecular weight excluding hydrogens is 412 g/mol. The van der Waals surface area contributed by atoms with Crippen LogP contribution in [-0.2, 0) is 17.8 Å². The van der Waals surface area contributed by atoms with Crippen molar-refractivity contribution >= 4 is 17.2 Å². The standard InChI is InChI=1S/C23H22N4O3S/c28-20(19-10-12-31-16-19)15-27(14-17-5-2-1-3-6-17)22(29)9-8-21-25-23(26-30-21)18-7-4-11-24-13-18/h1-7,10-13,16,20,28H,8-9,14-15H2. The molecule has 0 saturated heterocycles. The topological polar surface area (TPSA) is 92.3 Å². The lowest BCUT2D eigenvalue weighted by Gasteiger charge is -2.25. The van der Waals surface area contributed by atoms with Gasteiger partial charge >= 0.3 is 0 Å². The SMILES string of the molecule is O=C(CCc1nc(-c2cccnc2)no1)N(Cc1ccccc1)CC(O)c1ccsc1. The first-order valence-electron chi connectivity index (χ1n) is 9.94. The van der Waals surface area contributed by atoms with Crippen LogP contribution < -0.4 is 0 Å². The van der Waals surface area contributed by atoms with Gasteiger partial charge in [-0.2, -0.15) is 16.3 Å². The van der Waals surface area contributed by atoms with Crippen molar-refractivity contribution in [3.8, 4) is 11.4 Å². The van der Waals surface area contributed by atoms with Gasteiger partial charge < -0.3 is 14.5 Å². The van der Waals surface area contributed by atoms with Crippen LogP contribution in [0, 0.1) is 0 Å². The van der Waals surface area contributed by atoms with Gasteiger partial charge in [-0.05, 0) is 40.1 Å². The van der Waals surface area contributed by atoms with Crippen LogP contribution in [0.2, 0.25) is 0 Å². The van der Waals surface area contributed by atoms with Gasteiger partial charge in [0.15, 0.2) is 0 Å². The number of pyridine rings is 1. The monoisotopic (exact) mass is 434 g/mol. The number of carbonyl (C=O) groups excluding carboxylic acids is 1. The van der Waals surface area contributed by atoms with E-state index < -0.39 is 6.10 Å². The number of hydrogen-bond acceptors (Lipinski definition) is 7. The van der Waals surface area contributed by atoms with Crippen molar-refractivity contribution in [1.29, 1.82) is 0 Å². The molecule has 31 heavy (non-hydrogen) atoms. The maximum atomic E-state index is 13.0. The smallest absolute Gasteiger partial charge is 0.227 e. The maximum Gasteiger partial charge on any atom is 0.227 e. The molecule has 1 unspecified atom stereocenters. The van der Waals surface area contributed by atoms with E-state index in [-0.39, 0.29) is 18.9 Å². The fraction of sp³-hybridized carbons (Fsp3) is 0.217. The number of aromatic nitrogens is 3. The fourth-order valence-electron chi connectivity index (χ4n) is 3.18. The van der Waals surface area contributed by atoms with E-state index >= 15 is 0 Å². The Bertz CT molecular complexity index is 1080. The molecule has 158 valence electrons. The van der Waals surface area contributed by atoms with Crippen LogP contribution in [0.3, 0.4) is 0 Å². The number of thiophene rings is 1. The Morgan fingerprint density at radius 3 is 2.77 bits per heavy atom. The number of aliphatic hydroxyl groups excluding tert-OH is 1. The summed E-state index contributed by atoms with van der Waals surface area (Å²) in [5, 5.41) is 18.4. The summed E-state index contributed by atoms with van der Waals surface area (Å²) in [6.45, 7) is 0.640. The average molecular weight is 435 g/mol. The van der Waals surface area contributed by atoms with Crippen LogP contribution in [0.1, 0.15) is 29.5 Å². The van der Waals surface area contributed by atoms with Crippen LogP contribution in [-0.4, -0.2) is 37.6 Å². The number of rotatable bonds is 9. The first-order chi connectivity index (χ1) is 15.2. The quantitative estimate of drug-likeness (QED) is 0.430. The highest BCUT2D eigenvalue weighted by Crippen LogP contribution is 2.20. The normalized spacial score (nSPS) is 11.9. The second kappa shape index (κ2) is 10.1. The van der Waals surface area contributed by atoms with E-state index in [2.05, 4.69) is 15.1 Å². The third-order valence-corrected chi connectivity index (χ3v) is 5.53. The summed E-state index contributed by atoms with van der Waals surface area (Å²) >= 11 is 1.52. The Labute approximate surface area is 184 Å². The molecule has 1 N–H and O–H groups in total. The van der Waals surface area contributed by atoms with Crippen LogP contribution >= 0.6 is 11.3 Å². The van der Waals surface area contributed by atoms with Crippen molar-refractivity contribution < 1.29 is 14.4 Å². The van der Waals surface area contributed by atoms with E-state index in [9.17, 15) is 9.90 Å². The molecule has 0 aliphatic heterocycles. The highest BCUT2D eigenvalue weighted by molar-refractivity contribution is 7.07. The summed E-state index contributed by atoms with van der Waals surface area (Å²) in [6.07, 6.45) is 3.13. The van der Waals surface area contributed by atoms with Crippen molar-refractivity contribution in [2.45, 2.75) is 25.5 Å². The maximum absolute atomic E-state index is 13.0. The highest BCUT2D eigenvalue weighted by Gasteiger charge is 2.20. The first-order valence-corrected chi connectivity index (χ1v) is 10.9. The third-order valence-electron chi connectivity index (χ3n) is 4.83. The molecule has 3 aromatic heterocycles. The van der Waals surface area contributed by atoms with Gasteiger partial charge in [0.25, 0.3) is 0 Å². The van der Waals surface area contributed by atoms with Gasteiger partial charge in [-0.1, -0.05) is 35.5 Å². The number of amides is 1. The summed E-state index contributed by atoms with van der Waals surface area (Å²) in [7, 11) is 0. The molecule has 8 heteroatoms. The number of nitrogens with zero attached hydrogens (tertiary/aromatic N) is 4. The summed E-state index contributed by atoms with van der Waals surface area (Å²) < 4.78 is 5.30. The van der Waals surface area contributed by atoms with E-state index in [1.54, 1.807) is 23.4 Å². The largest absolute Gasteiger partial charge is 0.387 e. The van der Waals surface area contributed by atoms with Crippen molar-refractivity contribution in [3.63, 3.8) is 0 Å². The highest BCUT2D eigenvalue weighted by atomic mass is 32.1. The summed E-state index contributed by atoms with van der Waals surface area (Å²) in [4.78, 5) is 23.1. The lowest BCUT2D eigenvalue weighted by atomic mass is 10.1. The van der Waals surface area contributed by atoms with Gasteiger partial charge in [0.2, 0.25) is 17.6 Å². The van der Waals surface area contributed by atoms with Gasteiger partial charge in [0.05, 0.1) is 12.6 Å². The summed E-state index contributed by atoms with van der Waals surface area (Å²) in [5.41, 5.74) is 2.58. The molecule has 0 aliphatic carbocycles. The summed E-state index contributed by atoms with van der Waals surface area (Å²) in [6, 6.07) is 15.3. The molecule has 0 fully saturated rings. The minimum absolute atomic E-state index is 0.0840. The van der Waals surface area contributed by atoms with Crippen LogP contribution in [0.25, 0.3) is 11.4 Å². The summed E-state index contributed by atoms with van der Waals surface area (Å²) in [5.74, 6) is 0.758. The van der Waals surface area contributed by atoms with E-state index in [1.807, 2.05) is 53.2 Å². The Hall–Kier alpha value is -3.36. The molecule has 1 aromatic carbocycles. The van der Waals surface area contributed by atoms with Crippen molar-refractivity contribution in [1.82, 2.24) is 20.0 Å². The Kier molecular flexibility index (Phi) is 6.81. The van der Waals surface area contributed by atoms with Gasteiger partial charge in [0, 0.05) is 37.3 Å². The van der Waals surface area contributed by atoms with E-state index in [0.29, 0.717) is 24.7 Å². The van der Waals surface area contributed by atoms with Crippen molar-refractivity contribution in [2.24, 2.45) is 0 Å². The predicted octanol–water partition coefficient (Wildman–Crippen LogP) is 3.89. The lowest BCUT2D eigenvalue weighted by Crippen LogP contribution is -2.34. The zero-order valence-electron chi connectivity index (χ0n) is 16.8. The number of benzene rings is 1. The molecular formula is C23H22N4O3S. The number of hydrogen-bond donors (Lipinski definition) is 1. The zero-order chi connectivity index (χ0) is 21.5. The molecule has 4 aromatic rings. The third kappa shape index (κ3) is 5.62. The van der Waals surface area contributed by atoms with Gasteiger partial charge in [-0.15, -0.1) is 0 Å². The second-order valence-corrected chi connectivity index (χ2v) is 7.87. The molecule has 0 radical (unpaired) electrons. The minimum Gasteiger partial charge on any atom is -0.387 e. The fourth-order valence-corrected chi connectivity index (χ4v) is 3.88. The molecule has 7 nitrogen and oxygen atoms in total. The van der Waals surface area contributed by atoms with Crippen LogP contribution in [0.4, 0.5) is 0 Å². The molecule has 4 rings (SSSR count). The molecule has 0 aliphatic rings. The van der Waals surface area contributed by atoms with Crippen LogP contribution in [0.15, 0.2) is 76.2 Å². The second-order valence-electron chi connectivity index (χ2n) is 7.09. The van der Waals surface area contributed by atoms with Gasteiger partial charge in [-0.3, -0.25) is 9.78 Å². The van der Waals surface area contributed by atoms with Crippen molar-refractivity contribution in [2.75, 3.05) is 6.54 Å². The van der Waals surface area contributed by atoms with E-state index in [0.717, 1.165) is 16.7 Å². The molecule has 0 saturated carbocycles. The average Bonchev–Trinajstić information content (AvgIpc) is 3.51. The first kappa shape index (κ1) is 20.9. The Balaban J connectivity index is 1.42. The number of aryl methyl sites for hydroxylation is 1. The molecule has 3 heterocycles. The van der Waals surface area contributed by atoms with Crippen LogP contribution in [0.5, 0.6) is 0 Å². The van der Waals surface area contributed by atoms with E-state index in [4.69, 9.17) is 4.52 Å². The van der Waals surface area contributed by atoms with Gasteiger partial charge in [0.1, 0.15) is 0 Å². The predicted molar refractivity (Wildman–Crippen MR) is 117 cm³/mol. The molecule has 1 atom stereocenters. The number of carbonyl (C=O) groups is 1. The molecule has 1 amide bonds. The Morgan fingerprint density at radius 2 is 2.03 bits per heavy atom. The minimum atomic E-state index is -0.737. The van der Waals surface area contributed by atoms with Crippen molar-refractivity contribution in [3.05, 3.63) is 88.7 Å². The van der Waals surface area contributed by atoms with E-state index in [1.165, 1.54) is 11.3 Å².